The summed E-state index contributed by atoms with van der Waals surface area (Å²) in [5.41, 5.74) is 0. The first-order chi connectivity index (χ1) is 7.24. The Labute approximate surface area is 99.2 Å². The molecule has 2 rings (SSSR count). The third kappa shape index (κ3) is 3.20. The Kier molecular flexibility index (Phi) is 3.62. The van der Waals surface area contributed by atoms with Crippen LogP contribution in [0.5, 0.6) is 5.88 Å². The van der Waals surface area contributed by atoms with E-state index in [1.54, 1.807) is 0 Å². The smallest absolute Gasteiger partial charge is 0.214 e. The summed E-state index contributed by atoms with van der Waals surface area (Å²) >= 11 is 3.35. The minimum atomic E-state index is 0.364. The number of halogens is 1. The Morgan fingerprint density at radius 3 is 2.67 bits per heavy atom. The molecule has 1 aliphatic carbocycles. The lowest BCUT2D eigenvalue weighted by Gasteiger charge is -2.26. The van der Waals surface area contributed by atoms with Crippen molar-refractivity contribution >= 4 is 15.9 Å². The van der Waals surface area contributed by atoms with Gasteiger partial charge >= 0.3 is 0 Å². The molecule has 0 radical (unpaired) electrons. The van der Waals surface area contributed by atoms with Crippen molar-refractivity contribution in [3.63, 3.8) is 0 Å². The summed E-state index contributed by atoms with van der Waals surface area (Å²) < 4.78 is 6.68. The molecular weight excluding hydrogens is 254 g/mol. The van der Waals surface area contributed by atoms with Gasteiger partial charge in [0, 0.05) is 6.07 Å². The second-order valence-electron chi connectivity index (χ2n) is 4.30. The van der Waals surface area contributed by atoms with E-state index in [0.29, 0.717) is 6.10 Å². The Morgan fingerprint density at radius 1 is 1.27 bits per heavy atom. The highest BCUT2D eigenvalue weighted by Gasteiger charge is 2.19. The van der Waals surface area contributed by atoms with Crippen LogP contribution in [0.2, 0.25) is 0 Å². The van der Waals surface area contributed by atoms with Gasteiger partial charge < -0.3 is 4.74 Å². The van der Waals surface area contributed by atoms with Gasteiger partial charge in [0.05, 0.1) is 0 Å². The van der Waals surface area contributed by atoms with Crippen molar-refractivity contribution in [1.29, 1.82) is 0 Å². The van der Waals surface area contributed by atoms with Crippen molar-refractivity contribution in [2.45, 2.75) is 38.7 Å². The van der Waals surface area contributed by atoms with E-state index >= 15 is 0 Å². The molecule has 0 atom stereocenters. The molecule has 3 heteroatoms. The van der Waals surface area contributed by atoms with Gasteiger partial charge in [0.2, 0.25) is 5.88 Å². The third-order valence-corrected chi connectivity index (χ3v) is 3.38. The number of ether oxygens (including phenoxy) is 1. The quantitative estimate of drug-likeness (QED) is 0.762. The monoisotopic (exact) mass is 269 g/mol. The van der Waals surface area contributed by atoms with Crippen molar-refractivity contribution in [1.82, 2.24) is 4.98 Å². The van der Waals surface area contributed by atoms with Gasteiger partial charge in [-0.15, -0.1) is 0 Å². The fraction of sp³-hybridized carbons (Fsp3) is 0.583. The Balaban J connectivity index is 1.92. The lowest BCUT2D eigenvalue weighted by molar-refractivity contribution is 0.130. The predicted molar refractivity (Wildman–Crippen MR) is 64.0 cm³/mol. The molecule has 1 aromatic rings. The standard InChI is InChI=1S/C12H16BrNO/c1-9-5-7-10(8-6-9)15-12-4-2-3-11(13)14-12/h2-4,9-10H,5-8H2,1H3. The second kappa shape index (κ2) is 4.97. The lowest BCUT2D eigenvalue weighted by Crippen LogP contribution is -2.23. The van der Waals surface area contributed by atoms with E-state index in [-0.39, 0.29) is 0 Å². The molecule has 0 amide bonds. The second-order valence-corrected chi connectivity index (χ2v) is 5.11. The molecule has 0 N–H and O–H groups in total. The first kappa shape index (κ1) is 10.9. The van der Waals surface area contributed by atoms with Crippen LogP contribution < -0.4 is 4.74 Å². The Hall–Kier alpha value is -0.570. The van der Waals surface area contributed by atoms with E-state index in [2.05, 4.69) is 27.8 Å². The minimum Gasteiger partial charge on any atom is -0.474 e. The molecule has 0 unspecified atom stereocenters. The van der Waals surface area contributed by atoms with E-state index < -0.39 is 0 Å². The summed E-state index contributed by atoms with van der Waals surface area (Å²) in [6.45, 7) is 2.31. The van der Waals surface area contributed by atoms with Gasteiger partial charge in [-0.2, -0.15) is 0 Å². The zero-order chi connectivity index (χ0) is 10.7. The Morgan fingerprint density at radius 2 is 2.00 bits per heavy atom. The number of pyridine rings is 1. The maximum atomic E-state index is 5.84. The van der Waals surface area contributed by atoms with Crippen molar-refractivity contribution in [3.8, 4) is 5.88 Å². The highest BCUT2D eigenvalue weighted by atomic mass is 79.9. The lowest BCUT2D eigenvalue weighted by atomic mass is 9.89. The molecule has 1 heterocycles. The molecule has 1 fully saturated rings. The molecule has 2 nitrogen and oxygen atoms in total. The Bertz CT molecular complexity index is 321. The van der Waals surface area contributed by atoms with E-state index in [4.69, 9.17) is 4.74 Å². The maximum Gasteiger partial charge on any atom is 0.214 e. The molecule has 0 bridgehead atoms. The minimum absolute atomic E-state index is 0.364. The average Bonchev–Trinajstić information content (AvgIpc) is 2.22. The average molecular weight is 270 g/mol. The molecule has 0 aromatic carbocycles. The van der Waals surface area contributed by atoms with Crippen molar-refractivity contribution in [3.05, 3.63) is 22.8 Å². The highest BCUT2D eigenvalue weighted by Crippen LogP contribution is 2.26. The van der Waals surface area contributed by atoms with Crippen LogP contribution in [-0.4, -0.2) is 11.1 Å². The van der Waals surface area contributed by atoms with E-state index in [1.807, 2.05) is 18.2 Å². The van der Waals surface area contributed by atoms with Gasteiger partial charge in [-0.3, -0.25) is 0 Å². The zero-order valence-electron chi connectivity index (χ0n) is 8.95. The van der Waals surface area contributed by atoms with Crippen LogP contribution >= 0.6 is 15.9 Å². The van der Waals surface area contributed by atoms with Gasteiger partial charge in [0.1, 0.15) is 10.7 Å². The molecule has 0 spiro atoms. The fourth-order valence-electron chi connectivity index (χ4n) is 1.97. The first-order valence-electron chi connectivity index (χ1n) is 5.53. The van der Waals surface area contributed by atoms with Crippen LogP contribution in [0, 0.1) is 5.92 Å². The summed E-state index contributed by atoms with van der Waals surface area (Å²) in [6, 6.07) is 5.79. The van der Waals surface area contributed by atoms with Crippen LogP contribution in [0.15, 0.2) is 22.8 Å². The largest absolute Gasteiger partial charge is 0.474 e. The van der Waals surface area contributed by atoms with Crippen LogP contribution in [0.1, 0.15) is 32.6 Å². The van der Waals surface area contributed by atoms with Crippen molar-refractivity contribution in [2.24, 2.45) is 5.92 Å². The van der Waals surface area contributed by atoms with Crippen LogP contribution in [0.4, 0.5) is 0 Å². The van der Waals surface area contributed by atoms with Crippen molar-refractivity contribution < 1.29 is 4.74 Å². The molecule has 0 saturated heterocycles. The number of rotatable bonds is 2. The van der Waals surface area contributed by atoms with Gasteiger partial charge in [0.25, 0.3) is 0 Å². The molecular formula is C12H16BrNO. The summed E-state index contributed by atoms with van der Waals surface area (Å²) in [5.74, 6) is 1.60. The number of hydrogen-bond donors (Lipinski definition) is 0. The van der Waals surface area contributed by atoms with Crippen LogP contribution in [-0.2, 0) is 0 Å². The molecule has 0 aliphatic heterocycles. The molecule has 1 aromatic heterocycles. The molecule has 1 aliphatic rings. The van der Waals surface area contributed by atoms with E-state index in [0.717, 1.165) is 29.2 Å². The van der Waals surface area contributed by atoms with Crippen LogP contribution in [0.25, 0.3) is 0 Å². The fourth-order valence-corrected chi connectivity index (χ4v) is 2.30. The van der Waals surface area contributed by atoms with Gasteiger partial charge in [-0.25, -0.2) is 4.98 Å². The number of aromatic nitrogens is 1. The summed E-state index contributed by atoms with van der Waals surface area (Å²) in [5, 5.41) is 0. The normalized spacial score (nSPS) is 26.3. The van der Waals surface area contributed by atoms with Crippen molar-refractivity contribution in [2.75, 3.05) is 0 Å². The molecule has 82 valence electrons. The predicted octanol–water partition coefficient (Wildman–Crippen LogP) is 3.80. The highest BCUT2D eigenvalue weighted by molar-refractivity contribution is 9.10. The van der Waals surface area contributed by atoms with Gasteiger partial charge in [0.15, 0.2) is 0 Å². The van der Waals surface area contributed by atoms with E-state index in [1.165, 1.54) is 12.8 Å². The topological polar surface area (TPSA) is 22.1 Å². The van der Waals surface area contributed by atoms with E-state index in [9.17, 15) is 0 Å². The molecule has 15 heavy (non-hydrogen) atoms. The zero-order valence-corrected chi connectivity index (χ0v) is 10.5. The van der Waals surface area contributed by atoms with Gasteiger partial charge in [-0.05, 0) is 53.6 Å². The summed E-state index contributed by atoms with van der Waals surface area (Å²) in [4.78, 5) is 4.28. The SMILES string of the molecule is CC1CCC(Oc2cccc(Br)n2)CC1. The summed E-state index contributed by atoms with van der Waals surface area (Å²) in [7, 11) is 0. The maximum absolute atomic E-state index is 5.84. The number of hydrogen-bond acceptors (Lipinski definition) is 2. The molecule has 1 saturated carbocycles. The number of nitrogens with zero attached hydrogens (tertiary/aromatic N) is 1. The van der Waals surface area contributed by atoms with Gasteiger partial charge in [-0.1, -0.05) is 13.0 Å². The summed E-state index contributed by atoms with van der Waals surface area (Å²) in [6.07, 6.45) is 5.24. The first-order valence-corrected chi connectivity index (χ1v) is 6.32. The van der Waals surface area contributed by atoms with Crippen LogP contribution in [0.3, 0.4) is 0 Å². The third-order valence-electron chi connectivity index (χ3n) is 2.94.